The number of nitrogens with zero attached hydrogens (tertiary/aromatic N) is 3. The summed E-state index contributed by atoms with van der Waals surface area (Å²) in [5, 5.41) is 32.2. The second kappa shape index (κ2) is 5.49. The number of benzene rings is 1. The molecule has 0 unspecified atom stereocenters. The molecule has 1 aromatic heterocycles. The quantitative estimate of drug-likeness (QED) is 0.622. The van der Waals surface area contributed by atoms with Crippen molar-refractivity contribution in [2.24, 2.45) is 0 Å². The molecule has 0 fully saturated rings. The number of carboxylic acids is 1. The average Bonchev–Trinajstić information content (AvgIpc) is 2.84. The number of hydrogen-bond donors (Lipinski definition) is 2. The van der Waals surface area contributed by atoms with Gasteiger partial charge in [-0.05, 0) is 11.1 Å². The summed E-state index contributed by atoms with van der Waals surface area (Å²) < 4.78 is 1.20. The molecule has 0 aliphatic rings. The summed E-state index contributed by atoms with van der Waals surface area (Å²) in [6.07, 6.45) is 1.09. The van der Waals surface area contributed by atoms with E-state index in [1.165, 1.54) is 4.68 Å². The standard InChI is InChI=1S/C12H11N3O5/c16-7-9-3-1-8(2-4-9)5-14-6-10(15(19)20)11(13-14)12(17)18/h1-4,6,16H,5,7H2,(H,17,18). The minimum Gasteiger partial charge on any atom is -0.476 e. The molecular weight excluding hydrogens is 266 g/mol. The number of hydrogen-bond acceptors (Lipinski definition) is 5. The minimum atomic E-state index is -1.44. The third kappa shape index (κ3) is 2.81. The maximum absolute atomic E-state index is 10.9. The Morgan fingerprint density at radius 3 is 2.35 bits per heavy atom. The van der Waals surface area contributed by atoms with Gasteiger partial charge in [0.25, 0.3) is 0 Å². The molecule has 8 heteroatoms. The zero-order valence-electron chi connectivity index (χ0n) is 10.3. The van der Waals surface area contributed by atoms with Gasteiger partial charge in [-0.1, -0.05) is 24.3 Å². The van der Waals surface area contributed by atoms with Gasteiger partial charge in [0.2, 0.25) is 5.69 Å². The van der Waals surface area contributed by atoms with Crippen LogP contribution in [0.4, 0.5) is 5.69 Å². The van der Waals surface area contributed by atoms with Crippen molar-refractivity contribution in [3.63, 3.8) is 0 Å². The lowest BCUT2D eigenvalue weighted by atomic mass is 10.1. The molecule has 0 aliphatic carbocycles. The average molecular weight is 277 g/mol. The Labute approximate surface area is 113 Å². The molecule has 104 valence electrons. The normalized spacial score (nSPS) is 10.4. The number of aromatic nitrogens is 2. The molecule has 0 saturated heterocycles. The number of aliphatic hydroxyl groups excluding tert-OH is 1. The molecule has 1 aromatic carbocycles. The van der Waals surface area contributed by atoms with Gasteiger partial charge in [-0.15, -0.1) is 0 Å². The van der Waals surface area contributed by atoms with Gasteiger partial charge in [0.05, 0.1) is 18.1 Å². The van der Waals surface area contributed by atoms with E-state index in [2.05, 4.69) is 5.10 Å². The lowest BCUT2D eigenvalue weighted by Gasteiger charge is -2.02. The van der Waals surface area contributed by atoms with Crippen LogP contribution in [0, 0.1) is 10.1 Å². The Hall–Kier alpha value is -2.74. The second-order valence-corrected chi connectivity index (χ2v) is 4.10. The number of aliphatic hydroxyl groups is 1. The number of rotatable bonds is 5. The van der Waals surface area contributed by atoms with Gasteiger partial charge in [-0.3, -0.25) is 14.8 Å². The molecule has 0 amide bonds. The van der Waals surface area contributed by atoms with Crippen molar-refractivity contribution < 1.29 is 19.9 Å². The van der Waals surface area contributed by atoms with E-state index in [-0.39, 0.29) is 13.2 Å². The minimum absolute atomic E-state index is 0.0727. The summed E-state index contributed by atoms with van der Waals surface area (Å²) in [4.78, 5) is 20.8. The van der Waals surface area contributed by atoms with E-state index in [0.29, 0.717) is 0 Å². The molecule has 2 N–H and O–H groups in total. The zero-order chi connectivity index (χ0) is 14.7. The van der Waals surface area contributed by atoms with Crippen LogP contribution in [0.2, 0.25) is 0 Å². The van der Waals surface area contributed by atoms with Crippen LogP contribution < -0.4 is 0 Å². The Bertz CT molecular complexity index is 616. The fourth-order valence-electron chi connectivity index (χ4n) is 1.71. The van der Waals surface area contributed by atoms with E-state index < -0.39 is 22.3 Å². The lowest BCUT2D eigenvalue weighted by molar-refractivity contribution is -0.385. The summed E-state index contributed by atoms with van der Waals surface area (Å²) >= 11 is 0. The van der Waals surface area contributed by atoms with Gasteiger partial charge in [0.1, 0.15) is 6.20 Å². The van der Waals surface area contributed by atoms with Crippen molar-refractivity contribution in [1.29, 1.82) is 0 Å². The molecular formula is C12H11N3O5. The van der Waals surface area contributed by atoms with Gasteiger partial charge >= 0.3 is 11.7 Å². The monoisotopic (exact) mass is 277 g/mol. The Morgan fingerprint density at radius 2 is 1.90 bits per heavy atom. The van der Waals surface area contributed by atoms with E-state index in [1.807, 2.05) is 0 Å². The largest absolute Gasteiger partial charge is 0.476 e. The smallest absolute Gasteiger partial charge is 0.363 e. The molecule has 0 bridgehead atoms. The Kier molecular flexibility index (Phi) is 3.76. The van der Waals surface area contributed by atoms with Crippen LogP contribution in [0.3, 0.4) is 0 Å². The SMILES string of the molecule is O=C(O)c1nn(Cc2ccc(CO)cc2)cc1[N+](=O)[O-]. The highest BCUT2D eigenvalue weighted by molar-refractivity contribution is 5.89. The van der Waals surface area contributed by atoms with Gasteiger partial charge < -0.3 is 10.2 Å². The van der Waals surface area contributed by atoms with Crippen molar-refractivity contribution in [2.45, 2.75) is 13.2 Å². The molecule has 0 saturated carbocycles. The number of aromatic carboxylic acids is 1. The topological polar surface area (TPSA) is 118 Å². The highest BCUT2D eigenvalue weighted by Crippen LogP contribution is 2.17. The molecule has 0 spiro atoms. The molecule has 0 aliphatic heterocycles. The third-order valence-corrected chi connectivity index (χ3v) is 2.69. The van der Waals surface area contributed by atoms with Crippen LogP contribution in [0.15, 0.2) is 30.5 Å². The maximum Gasteiger partial charge on any atom is 0.363 e. The first kappa shape index (κ1) is 13.7. The fraction of sp³-hybridized carbons (Fsp3) is 0.167. The van der Waals surface area contributed by atoms with E-state index in [4.69, 9.17) is 10.2 Å². The van der Waals surface area contributed by atoms with Gasteiger partial charge in [-0.2, -0.15) is 5.10 Å². The van der Waals surface area contributed by atoms with Crippen molar-refractivity contribution in [2.75, 3.05) is 0 Å². The van der Waals surface area contributed by atoms with Crippen LogP contribution in [0.1, 0.15) is 21.6 Å². The Morgan fingerprint density at radius 1 is 1.30 bits per heavy atom. The molecule has 20 heavy (non-hydrogen) atoms. The van der Waals surface area contributed by atoms with E-state index in [9.17, 15) is 14.9 Å². The van der Waals surface area contributed by atoms with E-state index >= 15 is 0 Å². The predicted octanol–water partition coefficient (Wildman–Crippen LogP) is 1.03. The van der Waals surface area contributed by atoms with E-state index in [0.717, 1.165) is 17.3 Å². The summed E-state index contributed by atoms with van der Waals surface area (Å²) in [7, 11) is 0. The number of carboxylic acid groups (broad SMARTS) is 1. The Balaban J connectivity index is 2.26. The lowest BCUT2D eigenvalue weighted by Crippen LogP contribution is -2.04. The molecule has 2 rings (SSSR count). The fourth-order valence-corrected chi connectivity index (χ4v) is 1.71. The molecule has 2 aromatic rings. The van der Waals surface area contributed by atoms with E-state index in [1.54, 1.807) is 24.3 Å². The first-order valence-electron chi connectivity index (χ1n) is 5.65. The maximum atomic E-state index is 10.9. The molecule has 0 radical (unpaired) electrons. The highest BCUT2D eigenvalue weighted by atomic mass is 16.6. The summed E-state index contributed by atoms with van der Waals surface area (Å²) in [5.74, 6) is -1.44. The summed E-state index contributed by atoms with van der Waals surface area (Å²) in [6, 6.07) is 6.90. The molecule has 0 atom stereocenters. The van der Waals surface area contributed by atoms with Crippen LogP contribution in [0.25, 0.3) is 0 Å². The first-order valence-corrected chi connectivity index (χ1v) is 5.65. The van der Waals surface area contributed by atoms with Crippen LogP contribution >= 0.6 is 0 Å². The van der Waals surface area contributed by atoms with Crippen molar-refractivity contribution in [3.05, 3.63) is 57.4 Å². The van der Waals surface area contributed by atoms with Gasteiger partial charge in [0.15, 0.2) is 0 Å². The highest BCUT2D eigenvalue weighted by Gasteiger charge is 2.25. The first-order chi connectivity index (χ1) is 9.51. The number of nitro groups is 1. The predicted molar refractivity (Wildman–Crippen MR) is 67.3 cm³/mol. The van der Waals surface area contributed by atoms with Gasteiger partial charge in [0, 0.05) is 0 Å². The van der Waals surface area contributed by atoms with Crippen molar-refractivity contribution >= 4 is 11.7 Å². The zero-order valence-corrected chi connectivity index (χ0v) is 10.3. The molecule has 8 nitrogen and oxygen atoms in total. The summed E-state index contributed by atoms with van der Waals surface area (Å²) in [6.45, 7) is 0.135. The van der Waals surface area contributed by atoms with Crippen LogP contribution in [-0.2, 0) is 13.2 Å². The van der Waals surface area contributed by atoms with Crippen LogP contribution in [0.5, 0.6) is 0 Å². The van der Waals surface area contributed by atoms with Crippen molar-refractivity contribution in [3.8, 4) is 0 Å². The van der Waals surface area contributed by atoms with Crippen LogP contribution in [-0.4, -0.2) is 30.9 Å². The number of carbonyl (C=O) groups is 1. The summed E-state index contributed by atoms with van der Waals surface area (Å²) in [5.41, 5.74) is 0.411. The van der Waals surface area contributed by atoms with Crippen molar-refractivity contribution in [1.82, 2.24) is 9.78 Å². The third-order valence-electron chi connectivity index (χ3n) is 2.69. The van der Waals surface area contributed by atoms with Gasteiger partial charge in [-0.25, -0.2) is 4.79 Å². The second-order valence-electron chi connectivity index (χ2n) is 4.10. The molecule has 1 heterocycles.